The van der Waals surface area contributed by atoms with Gasteiger partial charge >= 0.3 is 0 Å². The van der Waals surface area contributed by atoms with Crippen molar-refractivity contribution < 1.29 is 4.74 Å². The quantitative estimate of drug-likeness (QED) is 0.407. The third kappa shape index (κ3) is 5.61. The van der Waals surface area contributed by atoms with E-state index < -0.39 is 0 Å². The zero-order chi connectivity index (χ0) is 15.6. The molecule has 0 radical (unpaired) electrons. The van der Waals surface area contributed by atoms with Crippen LogP contribution in [-0.2, 0) is 11.3 Å². The highest BCUT2D eigenvalue weighted by atomic mass is 16.5. The molecule has 1 saturated carbocycles. The molecule has 0 atom stereocenters. The molecule has 0 aliphatic heterocycles. The molecule has 0 bridgehead atoms. The number of benzene rings is 1. The lowest BCUT2D eigenvalue weighted by Crippen LogP contribution is -2.11. The molecule has 1 aliphatic carbocycles. The Labute approximate surface area is 136 Å². The van der Waals surface area contributed by atoms with Gasteiger partial charge in [-0.05, 0) is 61.5 Å². The summed E-state index contributed by atoms with van der Waals surface area (Å²) in [6, 6.07) is 9.14. The van der Waals surface area contributed by atoms with Crippen molar-refractivity contribution in [3.63, 3.8) is 0 Å². The molecule has 0 spiro atoms. The van der Waals surface area contributed by atoms with E-state index in [1.165, 1.54) is 49.7 Å². The van der Waals surface area contributed by atoms with Crippen LogP contribution >= 0.6 is 0 Å². The van der Waals surface area contributed by atoms with Gasteiger partial charge in [0, 0.05) is 6.61 Å². The lowest BCUT2D eigenvalue weighted by atomic mass is 9.78. The summed E-state index contributed by atoms with van der Waals surface area (Å²) in [6.45, 7) is 6.01. The largest absolute Gasteiger partial charge is 0.377 e. The molecule has 0 amide bonds. The second-order valence-corrected chi connectivity index (χ2v) is 6.62. The predicted molar refractivity (Wildman–Crippen MR) is 95.1 cm³/mol. The maximum absolute atomic E-state index is 5.61. The lowest BCUT2D eigenvalue weighted by molar-refractivity contribution is 0.121. The highest BCUT2D eigenvalue weighted by Gasteiger charge is 2.20. The third-order valence-electron chi connectivity index (χ3n) is 4.70. The molecule has 0 heterocycles. The summed E-state index contributed by atoms with van der Waals surface area (Å²) in [5.74, 6) is 1.59. The number of rotatable bonds is 8. The Morgan fingerprint density at radius 2 is 1.73 bits per heavy atom. The summed E-state index contributed by atoms with van der Waals surface area (Å²) in [4.78, 5) is 0. The van der Waals surface area contributed by atoms with Gasteiger partial charge in [-0.25, -0.2) is 0 Å². The second kappa shape index (κ2) is 9.84. The zero-order valence-electron chi connectivity index (χ0n) is 14.4. The van der Waals surface area contributed by atoms with Gasteiger partial charge in [0.1, 0.15) is 0 Å². The third-order valence-corrected chi connectivity index (χ3v) is 4.70. The van der Waals surface area contributed by atoms with Crippen LogP contribution in [0.25, 0.3) is 0 Å². The van der Waals surface area contributed by atoms with E-state index in [9.17, 15) is 0 Å². The normalized spacial score (nSPS) is 22.3. The Balaban J connectivity index is 1.78. The SMILES string of the molecule is CCC/C=C/[C@H]1CC[C@H](c2ccc(COCCC)cc2)CC1. The van der Waals surface area contributed by atoms with Crippen LogP contribution in [-0.4, -0.2) is 6.61 Å². The average molecular weight is 300 g/mol. The van der Waals surface area contributed by atoms with Crippen LogP contribution in [0.15, 0.2) is 36.4 Å². The van der Waals surface area contributed by atoms with Gasteiger partial charge in [0.25, 0.3) is 0 Å². The van der Waals surface area contributed by atoms with Crippen molar-refractivity contribution in [2.75, 3.05) is 6.61 Å². The molecule has 0 saturated heterocycles. The zero-order valence-corrected chi connectivity index (χ0v) is 14.4. The van der Waals surface area contributed by atoms with Crippen molar-refractivity contribution in [3.05, 3.63) is 47.5 Å². The summed E-state index contributed by atoms with van der Waals surface area (Å²) in [6.07, 6.45) is 13.8. The first-order valence-corrected chi connectivity index (χ1v) is 9.16. The van der Waals surface area contributed by atoms with Crippen LogP contribution in [0.4, 0.5) is 0 Å². The minimum atomic E-state index is 0.753. The average Bonchev–Trinajstić information content (AvgIpc) is 2.57. The summed E-state index contributed by atoms with van der Waals surface area (Å²) in [5, 5.41) is 0. The molecule has 1 aliphatic rings. The Hall–Kier alpha value is -1.08. The Morgan fingerprint density at radius 3 is 2.36 bits per heavy atom. The van der Waals surface area contributed by atoms with Gasteiger partial charge in [0.05, 0.1) is 6.61 Å². The van der Waals surface area contributed by atoms with Gasteiger partial charge < -0.3 is 4.74 Å². The van der Waals surface area contributed by atoms with Crippen molar-refractivity contribution in [1.29, 1.82) is 0 Å². The Bertz CT molecular complexity index is 424. The van der Waals surface area contributed by atoms with E-state index in [0.717, 1.165) is 31.5 Å². The summed E-state index contributed by atoms with van der Waals surface area (Å²) in [7, 11) is 0. The van der Waals surface area contributed by atoms with Crippen LogP contribution in [0.2, 0.25) is 0 Å². The van der Waals surface area contributed by atoms with Crippen molar-refractivity contribution in [2.45, 2.75) is 71.3 Å². The Kier molecular flexibility index (Phi) is 7.73. The number of ether oxygens (including phenoxy) is 1. The van der Waals surface area contributed by atoms with E-state index in [4.69, 9.17) is 4.74 Å². The van der Waals surface area contributed by atoms with Gasteiger partial charge in [0.2, 0.25) is 0 Å². The van der Waals surface area contributed by atoms with E-state index in [0.29, 0.717) is 0 Å². The molecular weight excluding hydrogens is 268 g/mol. The lowest BCUT2D eigenvalue weighted by Gasteiger charge is -2.27. The molecular formula is C21H32O. The summed E-state index contributed by atoms with van der Waals surface area (Å²) in [5.41, 5.74) is 2.82. The fraction of sp³-hybridized carbons (Fsp3) is 0.619. The summed E-state index contributed by atoms with van der Waals surface area (Å²) >= 11 is 0. The molecule has 2 rings (SSSR count). The fourth-order valence-corrected chi connectivity index (χ4v) is 3.32. The highest BCUT2D eigenvalue weighted by Crippen LogP contribution is 2.36. The van der Waals surface area contributed by atoms with Gasteiger partial charge in [-0.2, -0.15) is 0 Å². The number of hydrogen-bond donors (Lipinski definition) is 0. The second-order valence-electron chi connectivity index (χ2n) is 6.62. The van der Waals surface area contributed by atoms with Crippen LogP contribution in [0, 0.1) is 5.92 Å². The van der Waals surface area contributed by atoms with Crippen molar-refractivity contribution in [3.8, 4) is 0 Å². The molecule has 1 nitrogen and oxygen atoms in total. The van der Waals surface area contributed by atoms with Gasteiger partial charge in [-0.15, -0.1) is 0 Å². The maximum Gasteiger partial charge on any atom is 0.0716 e. The van der Waals surface area contributed by atoms with Crippen LogP contribution in [0.3, 0.4) is 0 Å². The number of unbranched alkanes of at least 4 members (excludes halogenated alkanes) is 1. The minimum absolute atomic E-state index is 0.753. The first-order valence-electron chi connectivity index (χ1n) is 9.16. The minimum Gasteiger partial charge on any atom is -0.377 e. The smallest absolute Gasteiger partial charge is 0.0716 e. The maximum atomic E-state index is 5.61. The number of allylic oxidation sites excluding steroid dienone is 2. The molecule has 0 N–H and O–H groups in total. The first-order chi connectivity index (χ1) is 10.8. The fourth-order valence-electron chi connectivity index (χ4n) is 3.32. The van der Waals surface area contributed by atoms with E-state index >= 15 is 0 Å². The van der Waals surface area contributed by atoms with Gasteiger partial charge in [-0.1, -0.05) is 56.7 Å². The van der Waals surface area contributed by atoms with E-state index in [2.05, 4.69) is 50.3 Å². The molecule has 122 valence electrons. The van der Waals surface area contributed by atoms with E-state index in [1.54, 1.807) is 0 Å². The number of hydrogen-bond acceptors (Lipinski definition) is 1. The van der Waals surface area contributed by atoms with Crippen molar-refractivity contribution in [1.82, 2.24) is 0 Å². The molecule has 1 heteroatoms. The van der Waals surface area contributed by atoms with Gasteiger partial charge in [-0.3, -0.25) is 0 Å². The standard InChI is InChI=1S/C21H32O/c1-3-5-6-7-18-8-12-20(13-9-18)21-14-10-19(11-15-21)17-22-16-4-2/h6-7,10-11,14-15,18,20H,3-5,8-9,12-13,16-17H2,1-2H3/b7-6+/t18-,20-. The molecule has 1 fully saturated rings. The summed E-state index contributed by atoms with van der Waals surface area (Å²) < 4.78 is 5.61. The molecule has 0 unspecified atom stereocenters. The van der Waals surface area contributed by atoms with Crippen LogP contribution in [0.5, 0.6) is 0 Å². The van der Waals surface area contributed by atoms with E-state index in [1.807, 2.05) is 0 Å². The predicted octanol–water partition coefficient (Wildman–Crippen LogP) is 6.24. The van der Waals surface area contributed by atoms with Crippen LogP contribution in [0.1, 0.15) is 75.8 Å². The van der Waals surface area contributed by atoms with Crippen molar-refractivity contribution in [2.24, 2.45) is 5.92 Å². The molecule has 22 heavy (non-hydrogen) atoms. The monoisotopic (exact) mass is 300 g/mol. The topological polar surface area (TPSA) is 9.23 Å². The molecule has 1 aromatic carbocycles. The molecule has 0 aromatic heterocycles. The van der Waals surface area contributed by atoms with Crippen molar-refractivity contribution >= 4 is 0 Å². The first kappa shape index (κ1) is 17.3. The van der Waals surface area contributed by atoms with Crippen LogP contribution < -0.4 is 0 Å². The Morgan fingerprint density at radius 1 is 1.00 bits per heavy atom. The molecule has 1 aromatic rings. The van der Waals surface area contributed by atoms with E-state index in [-0.39, 0.29) is 0 Å². The highest BCUT2D eigenvalue weighted by molar-refractivity contribution is 5.25. The van der Waals surface area contributed by atoms with Gasteiger partial charge in [0.15, 0.2) is 0 Å².